The van der Waals surface area contributed by atoms with Crippen molar-refractivity contribution < 1.29 is 31.9 Å². The average molecular weight is 360 g/mol. The lowest BCUT2D eigenvalue weighted by molar-refractivity contribution is -0.190. The number of nitrogens with zero attached hydrogens (tertiary/aromatic N) is 1. The number of rotatable bonds is 4. The molecule has 0 spiro atoms. The van der Waals surface area contributed by atoms with Gasteiger partial charge in [-0.2, -0.15) is 13.2 Å². The number of hydrogen-bond donors (Lipinski definition) is 2. The highest BCUT2D eigenvalue weighted by Gasteiger charge is 2.59. The SMILES string of the molecule is CC(=O)NC(c1ccc(F)c(F)c1)(c1ccc(CO)cn1)C(F)(F)F. The van der Waals surface area contributed by atoms with Crippen LogP contribution in [0.2, 0.25) is 0 Å². The Bertz CT molecular complexity index is 777. The number of carbonyl (C=O) groups excluding carboxylic acids is 1. The van der Waals surface area contributed by atoms with Crippen LogP contribution in [-0.4, -0.2) is 22.2 Å². The molecule has 1 amide bonds. The lowest BCUT2D eigenvalue weighted by atomic mass is 9.84. The predicted molar refractivity (Wildman–Crippen MR) is 77.2 cm³/mol. The van der Waals surface area contributed by atoms with Gasteiger partial charge in [0.05, 0.1) is 12.3 Å². The molecule has 0 aliphatic rings. The number of amides is 1. The molecule has 1 aromatic carbocycles. The van der Waals surface area contributed by atoms with Crippen LogP contribution in [0.5, 0.6) is 0 Å². The van der Waals surface area contributed by atoms with E-state index in [1.54, 1.807) is 5.32 Å². The molecule has 4 nitrogen and oxygen atoms in total. The predicted octanol–water partition coefficient (Wildman–Crippen LogP) is 2.79. The summed E-state index contributed by atoms with van der Waals surface area (Å²) in [4.78, 5) is 15.1. The number of pyridine rings is 1. The Kier molecular flexibility index (Phi) is 5.07. The molecule has 1 unspecified atom stereocenters. The number of hydrogen-bond acceptors (Lipinski definition) is 3. The fourth-order valence-corrected chi connectivity index (χ4v) is 2.40. The first-order valence-corrected chi connectivity index (χ1v) is 6.99. The molecule has 2 N–H and O–H groups in total. The van der Waals surface area contributed by atoms with Crippen LogP contribution in [0.3, 0.4) is 0 Å². The number of alkyl halides is 3. The molecule has 0 radical (unpaired) electrons. The molecule has 25 heavy (non-hydrogen) atoms. The van der Waals surface area contributed by atoms with E-state index in [4.69, 9.17) is 5.11 Å². The van der Waals surface area contributed by atoms with E-state index in [2.05, 4.69) is 4.98 Å². The molecule has 134 valence electrons. The molecule has 0 saturated carbocycles. The normalized spacial score (nSPS) is 14.0. The van der Waals surface area contributed by atoms with Crippen LogP contribution in [0.1, 0.15) is 23.7 Å². The average Bonchev–Trinajstić information content (AvgIpc) is 2.54. The Morgan fingerprint density at radius 1 is 1.16 bits per heavy atom. The smallest absolute Gasteiger partial charge is 0.392 e. The van der Waals surface area contributed by atoms with Crippen molar-refractivity contribution in [1.82, 2.24) is 10.3 Å². The van der Waals surface area contributed by atoms with E-state index in [0.717, 1.165) is 25.3 Å². The molecule has 0 aliphatic carbocycles. The van der Waals surface area contributed by atoms with Gasteiger partial charge in [0.1, 0.15) is 0 Å². The minimum Gasteiger partial charge on any atom is -0.392 e. The maximum absolute atomic E-state index is 14.0. The third-order valence-corrected chi connectivity index (χ3v) is 3.53. The topological polar surface area (TPSA) is 62.2 Å². The van der Waals surface area contributed by atoms with Crippen LogP contribution in [0.4, 0.5) is 22.0 Å². The van der Waals surface area contributed by atoms with Crippen LogP contribution in [0.25, 0.3) is 0 Å². The second kappa shape index (κ2) is 6.75. The Morgan fingerprint density at radius 3 is 2.28 bits per heavy atom. The highest BCUT2D eigenvalue weighted by atomic mass is 19.4. The minimum absolute atomic E-state index is 0.243. The Balaban J connectivity index is 2.79. The Labute approximate surface area is 139 Å². The molecule has 2 rings (SSSR count). The third-order valence-electron chi connectivity index (χ3n) is 3.53. The fourth-order valence-electron chi connectivity index (χ4n) is 2.40. The van der Waals surface area contributed by atoms with Gasteiger partial charge in [-0.1, -0.05) is 12.1 Å². The lowest BCUT2D eigenvalue weighted by Gasteiger charge is -2.36. The van der Waals surface area contributed by atoms with Crippen LogP contribution >= 0.6 is 0 Å². The summed E-state index contributed by atoms with van der Waals surface area (Å²) in [7, 11) is 0. The third kappa shape index (κ3) is 3.46. The maximum Gasteiger partial charge on any atom is 0.421 e. The molecule has 0 aliphatic heterocycles. The van der Waals surface area contributed by atoms with Gasteiger partial charge in [-0.15, -0.1) is 0 Å². The van der Waals surface area contributed by atoms with E-state index in [1.165, 1.54) is 6.07 Å². The second-order valence-corrected chi connectivity index (χ2v) is 5.27. The lowest BCUT2D eigenvalue weighted by Crippen LogP contribution is -2.57. The van der Waals surface area contributed by atoms with Gasteiger partial charge in [0, 0.05) is 13.1 Å². The summed E-state index contributed by atoms with van der Waals surface area (Å²) in [5, 5.41) is 10.8. The van der Waals surface area contributed by atoms with Gasteiger partial charge in [-0.05, 0) is 29.3 Å². The summed E-state index contributed by atoms with van der Waals surface area (Å²) in [5.74, 6) is -3.87. The van der Waals surface area contributed by atoms with E-state index < -0.39 is 47.1 Å². The van der Waals surface area contributed by atoms with Gasteiger partial charge in [0.2, 0.25) is 11.4 Å². The van der Waals surface area contributed by atoms with E-state index >= 15 is 0 Å². The molecule has 0 saturated heterocycles. The molecule has 0 bridgehead atoms. The van der Waals surface area contributed by atoms with Crippen molar-refractivity contribution in [3.05, 3.63) is 65.0 Å². The van der Waals surface area contributed by atoms with Gasteiger partial charge in [-0.25, -0.2) is 8.78 Å². The van der Waals surface area contributed by atoms with Crippen molar-refractivity contribution in [2.45, 2.75) is 25.2 Å². The zero-order valence-corrected chi connectivity index (χ0v) is 12.9. The summed E-state index contributed by atoms with van der Waals surface area (Å²) >= 11 is 0. The molecule has 9 heteroatoms. The maximum atomic E-state index is 14.0. The van der Waals surface area contributed by atoms with Crippen molar-refractivity contribution in [2.75, 3.05) is 0 Å². The number of nitrogens with one attached hydrogen (secondary N) is 1. The van der Waals surface area contributed by atoms with Crippen LogP contribution in [0, 0.1) is 11.6 Å². The number of benzene rings is 1. The van der Waals surface area contributed by atoms with Gasteiger partial charge < -0.3 is 10.4 Å². The number of halogens is 5. The summed E-state index contributed by atoms with van der Waals surface area (Å²) in [6, 6.07) is 3.76. The minimum atomic E-state index is -5.11. The quantitative estimate of drug-likeness (QED) is 0.825. The van der Waals surface area contributed by atoms with Crippen LogP contribution < -0.4 is 5.32 Å². The highest BCUT2D eigenvalue weighted by molar-refractivity contribution is 5.75. The molecular weight excluding hydrogens is 347 g/mol. The zero-order chi connectivity index (χ0) is 18.8. The van der Waals surface area contributed by atoms with Crippen LogP contribution in [0.15, 0.2) is 36.5 Å². The summed E-state index contributed by atoms with van der Waals surface area (Å²) < 4.78 is 68.7. The van der Waals surface area contributed by atoms with Crippen molar-refractivity contribution in [1.29, 1.82) is 0 Å². The van der Waals surface area contributed by atoms with Crippen molar-refractivity contribution in [3.63, 3.8) is 0 Å². The van der Waals surface area contributed by atoms with Crippen molar-refractivity contribution in [3.8, 4) is 0 Å². The Morgan fingerprint density at radius 2 is 1.84 bits per heavy atom. The molecule has 0 fully saturated rings. The van der Waals surface area contributed by atoms with Crippen LogP contribution in [-0.2, 0) is 16.9 Å². The standard InChI is InChI=1S/C16H13F5N2O2/c1-9(25)23-15(16(19,20)21,11-3-4-12(17)13(18)6-11)14-5-2-10(8-24)7-22-14/h2-7,24H,8H2,1H3,(H,23,25). The van der Waals surface area contributed by atoms with Crippen molar-refractivity contribution in [2.24, 2.45) is 0 Å². The molecule has 1 atom stereocenters. The molecule has 1 heterocycles. The van der Waals surface area contributed by atoms with E-state index in [1.807, 2.05) is 0 Å². The van der Waals surface area contributed by atoms with E-state index in [0.29, 0.717) is 12.1 Å². The number of aromatic nitrogens is 1. The van der Waals surface area contributed by atoms with Gasteiger partial charge in [0.15, 0.2) is 11.6 Å². The van der Waals surface area contributed by atoms with Crippen molar-refractivity contribution >= 4 is 5.91 Å². The number of aliphatic hydroxyl groups excluding tert-OH is 1. The molecule has 1 aromatic heterocycles. The van der Waals surface area contributed by atoms with Gasteiger partial charge in [-0.3, -0.25) is 9.78 Å². The van der Waals surface area contributed by atoms with Gasteiger partial charge in [0.25, 0.3) is 0 Å². The first-order valence-electron chi connectivity index (χ1n) is 6.99. The first-order chi connectivity index (χ1) is 11.6. The summed E-state index contributed by atoms with van der Waals surface area (Å²) in [6.07, 6.45) is -4.12. The Hall–Kier alpha value is -2.55. The van der Waals surface area contributed by atoms with Gasteiger partial charge >= 0.3 is 6.18 Å². The zero-order valence-electron chi connectivity index (χ0n) is 12.9. The molecule has 2 aromatic rings. The number of carbonyl (C=O) groups is 1. The number of aliphatic hydroxyl groups is 1. The largest absolute Gasteiger partial charge is 0.421 e. The van der Waals surface area contributed by atoms with E-state index in [-0.39, 0.29) is 5.56 Å². The second-order valence-electron chi connectivity index (χ2n) is 5.27. The first kappa shape index (κ1) is 18.8. The molecular formula is C16H13F5N2O2. The highest BCUT2D eigenvalue weighted by Crippen LogP contribution is 2.44. The van der Waals surface area contributed by atoms with E-state index in [9.17, 15) is 26.7 Å². The summed E-state index contributed by atoms with van der Waals surface area (Å²) in [6.45, 7) is 0.417. The summed E-state index contributed by atoms with van der Waals surface area (Å²) in [5.41, 5.74) is -4.33. The fraction of sp³-hybridized carbons (Fsp3) is 0.250. The monoisotopic (exact) mass is 360 g/mol.